The quantitative estimate of drug-likeness (QED) is 0.803. The van der Waals surface area contributed by atoms with Crippen LogP contribution in [0.3, 0.4) is 0 Å². The van der Waals surface area contributed by atoms with Gasteiger partial charge in [-0.25, -0.2) is 4.98 Å². The topological polar surface area (TPSA) is 46.9 Å². The van der Waals surface area contributed by atoms with E-state index in [0.717, 1.165) is 24.9 Å². The van der Waals surface area contributed by atoms with Crippen LogP contribution in [0.5, 0.6) is 0 Å². The Hall–Kier alpha value is -1.39. The normalized spacial score (nSPS) is 19.6. The molecule has 5 heteroatoms. The van der Waals surface area contributed by atoms with Gasteiger partial charge in [0.25, 0.3) is 5.56 Å². The van der Waals surface area contributed by atoms with Crippen molar-refractivity contribution in [3.63, 3.8) is 0 Å². The van der Waals surface area contributed by atoms with E-state index in [1.165, 1.54) is 0 Å². The molecule has 4 nitrogen and oxygen atoms in total. The maximum Gasteiger partial charge on any atom is 0.263 e. The van der Waals surface area contributed by atoms with Crippen LogP contribution in [0.15, 0.2) is 23.0 Å². The average Bonchev–Trinajstić information content (AvgIpc) is 2.82. The molecule has 2 aromatic rings. The zero-order valence-electron chi connectivity index (χ0n) is 10.1. The van der Waals surface area contributed by atoms with E-state index >= 15 is 0 Å². The number of aromatic nitrogens is 2. The van der Waals surface area contributed by atoms with Gasteiger partial charge in [-0.05, 0) is 55.6 Å². The zero-order valence-corrected chi connectivity index (χ0v) is 10.9. The Bertz CT molecular complexity index is 659. The molecule has 1 atom stereocenters. The molecule has 0 amide bonds. The van der Waals surface area contributed by atoms with E-state index in [-0.39, 0.29) is 17.0 Å². The Kier molecular flexibility index (Phi) is 2.84. The van der Waals surface area contributed by atoms with Gasteiger partial charge in [-0.1, -0.05) is 6.07 Å². The first kappa shape index (κ1) is 11.7. The van der Waals surface area contributed by atoms with Crippen molar-refractivity contribution in [2.24, 2.45) is 0 Å². The number of nitrogens with zero attached hydrogens (tertiary/aromatic N) is 2. The van der Waals surface area contributed by atoms with E-state index in [1.54, 1.807) is 4.57 Å². The van der Waals surface area contributed by atoms with Crippen molar-refractivity contribution in [3.05, 3.63) is 39.4 Å². The van der Waals surface area contributed by atoms with Gasteiger partial charge >= 0.3 is 0 Å². The maximum atomic E-state index is 12.4. The third kappa shape index (κ3) is 1.82. The molecular formula is C13H14ClN3O. The molecule has 0 spiro atoms. The molecule has 1 unspecified atom stereocenters. The molecule has 1 aliphatic heterocycles. The van der Waals surface area contributed by atoms with Crippen LogP contribution < -0.4 is 10.9 Å². The predicted octanol–water partition coefficient (Wildman–Crippen LogP) is 2.24. The number of fused-ring (bicyclic) bond motifs is 1. The molecule has 18 heavy (non-hydrogen) atoms. The van der Waals surface area contributed by atoms with Gasteiger partial charge in [0.1, 0.15) is 0 Å². The minimum Gasteiger partial charge on any atom is -0.297 e. The Morgan fingerprint density at radius 3 is 3.06 bits per heavy atom. The Morgan fingerprint density at radius 2 is 2.33 bits per heavy atom. The first-order chi connectivity index (χ1) is 8.66. The highest BCUT2D eigenvalue weighted by Crippen LogP contribution is 2.21. The van der Waals surface area contributed by atoms with Crippen molar-refractivity contribution < 1.29 is 0 Å². The lowest BCUT2D eigenvalue weighted by molar-refractivity contribution is 0.453. The second kappa shape index (κ2) is 4.37. The van der Waals surface area contributed by atoms with Crippen LogP contribution in [-0.4, -0.2) is 16.1 Å². The number of hydrogen-bond donors (Lipinski definition) is 1. The molecule has 2 heterocycles. The van der Waals surface area contributed by atoms with Crippen LogP contribution in [0.1, 0.15) is 24.6 Å². The summed E-state index contributed by atoms with van der Waals surface area (Å²) in [5, 5.41) is 4.15. The van der Waals surface area contributed by atoms with E-state index in [9.17, 15) is 4.79 Å². The van der Waals surface area contributed by atoms with Gasteiger partial charge in [-0.2, -0.15) is 0 Å². The average molecular weight is 264 g/mol. The smallest absolute Gasteiger partial charge is 0.263 e. The summed E-state index contributed by atoms with van der Waals surface area (Å²) in [6, 6.07) is 5.63. The summed E-state index contributed by atoms with van der Waals surface area (Å²) in [7, 11) is 0. The second-order valence-corrected chi connectivity index (χ2v) is 5.03. The van der Waals surface area contributed by atoms with Gasteiger partial charge in [-0.15, -0.1) is 0 Å². The van der Waals surface area contributed by atoms with Gasteiger partial charge in [0.15, 0.2) is 0 Å². The fourth-order valence-electron chi connectivity index (χ4n) is 2.44. The van der Waals surface area contributed by atoms with Crippen molar-refractivity contribution in [3.8, 4) is 0 Å². The van der Waals surface area contributed by atoms with Gasteiger partial charge in [0.2, 0.25) is 5.28 Å². The van der Waals surface area contributed by atoms with Crippen molar-refractivity contribution in [2.75, 3.05) is 6.54 Å². The van der Waals surface area contributed by atoms with Crippen molar-refractivity contribution in [2.45, 2.75) is 25.9 Å². The summed E-state index contributed by atoms with van der Waals surface area (Å²) in [6.07, 6.45) is 1.95. The molecule has 3 rings (SSSR count). The highest BCUT2D eigenvalue weighted by atomic mass is 35.5. The van der Waals surface area contributed by atoms with Crippen LogP contribution >= 0.6 is 11.6 Å². The molecule has 1 aromatic heterocycles. The summed E-state index contributed by atoms with van der Waals surface area (Å²) < 4.78 is 1.56. The number of nitrogens with one attached hydrogen (secondary N) is 1. The lowest BCUT2D eigenvalue weighted by Gasteiger charge is -2.16. The molecule has 1 fully saturated rings. The molecule has 0 saturated carbocycles. The zero-order chi connectivity index (χ0) is 12.7. The first-order valence-corrected chi connectivity index (χ1v) is 6.46. The highest BCUT2D eigenvalue weighted by molar-refractivity contribution is 6.28. The summed E-state index contributed by atoms with van der Waals surface area (Å²) in [4.78, 5) is 16.8. The highest BCUT2D eigenvalue weighted by Gasteiger charge is 2.21. The molecule has 1 aliphatic rings. The fraction of sp³-hybridized carbons (Fsp3) is 0.385. The number of rotatable bonds is 1. The van der Waals surface area contributed by atoms with E-state index < -0.39 is 0 Å². The first-order valence-electron chi connectivity index (χ1n) is 6.08. The standard InChI is InChI=1S/C13H14ClN3O/c1-8-4-5-9-10(7-8)16-13(14)17(12(9)18)11-3-2-6-15-11/h4-5,7,11,15H,2-3,6H2,1H3. The maximum absolute atomic E-state index is 12.4. The molecule has 1 N–H and O–H groups in total. The number of hydrogen-bond acceptors (Lipinski definition) is 3. The van der Waals surface area contributed by atoms with Gasteiger partial charge < -0.3 is 0 Å². The van der Waals surface area contributed by atoms with E-state index in [0.29, 0.717) is 10.9 Å². The SMILES string of the molecule is Cc1ccc2c(=O)n(C3CCCN3)c(Cl)nc2c1. The summed E-state index contributed by atoms with van der Waals surface area (Å²) in [6.45, 7) is 2.89. The van der Waals surface area contributed by atoms with E-state index in [2.05, 4.69) is 10.3 Å². The molecule has 0 radical (unpaired) electrons. The summed E-state index contributed by atoms with van der Waals surface area (Å²) in [5.41, 5.74) is 1.67. The lowest BCUT2D eigenvalue weighted by atomic mass is 10.2. The third-order valence-electron chi connectivity index (χ3n) is 3.36. The Labute approximate surface area is 110 Å². The number of benzene rings is 1. The number of aryl methyl sites for hydroxylation is 1. The van der Waals surface area contributed by atoms with Crippen LogP contribution in [0.25, 0.3) is 10.9 Å². The van der Waals surface area contributed by atoms with Crippen LogP contribution in [0.2, 0.25) is 5.28 Å². The lowest BCUT2D eigenvalue weighted by Crippen LogP contribution is -2.31. The fourth-order valence-corrected chi connectivity index (χ4v) is 2.72. The Morgan fingerprint density at radius 1 is 1.50 bits per heavy atom. The van der Waals surface area contributed by atoms with Crippen molar-refractivity contribution in [1.29, 1.82) is 0 Å². The molecule has 1 aromatic carbocycles. The van der Waals surface area contributed by atoms with Crippen LogP contribution in [0.4, 0.5) is 0 Å². The summed E-state index contributed by atoms with van der Waals surface area (Å²) in [5.74, 6) is 0. The summed E-state index contributed by atoms with van der Waals surface area (Å²) >= 11 is 6.15. The molecule has 0 bridgehead atoms. The third-order valence-corrected chi connectivity index (χ3v) is 3.63. The molecular weight excluding hydrogens is 250 g/mol. The van der Waals surface area contributed by atoms with Crippen LogP contribution in [0, 0.1) is 6.92 Å². The minimum absolute atomic E-state index is 0.0248. The van der Waals surface area contributed by atoms with Gasteiger partial charge in [-0.3, -0.25) is 14.7 Å². The molecule has 1 saturated heterocycles. The molecule has 94 valence electrons. The Balaban J connectivity index is 2.26. The monoisotopic (exact) mass is 263 g/mol. The molecule has 0 aliphatic carbocycles. The van der Waals surface area contributed by atoms with Crippen LogP contribution in [-0.2, 0) is 0 Å². The van der Waals surface area contributed by atoms with E-state index in [1.807, 2.05) is 25.1 Å². The van der Waals surface area contributed by atoms with Crippen molar-refractivity contribution in [1.82, 2.24) is 14.9 Å². The van der Waals surface area contributed by atoms with Gasteiger partial charge in [0, 0.05) is 0 Å². The van der Waals surface area contributed by atoms with Gasteiger partial charge in [0.05, 0.1) is 17.1 Å². The second-order valence-electron chi connectivity index (χ2n) is 4.69. The predicted molar refractivity (Wildman–Crippen MR) is 72.0 cm³/mol. The largest absolute Gasteiger partial charge is 0.297 e. The van der Waals surface area contributed by atoms with Crippen molar-refractivity contribution >= 4 is 22.5 Å². The minimum atomic E-state index is -0.0654. The van der Waals surface area contributed by atoms with E-state index in [4.69, 9.17) is 11.6 Å². The number of halogens is 1.